The maximum Gasteiger partial charge on any atom is 0.119 e. The standard InChI is InChI=1S/C6H11IO/c1-6(7)4-2-3-5-8/h5-6H,2-4H2,1H3. The molecule has 0 aliphatic heterocycles. The highest BCUT2D eigenvalue weighted by Gasteiger charge is 1.92. The minimum absolute atomic E-state index is 0.715. The summed E-state index contributed by atoms with van der Waals surface area (Å²) in [6.45, 7) is 2.16. The lowest BCUT2D eigenvalue weighted by Gasteiger charge is -1.96. The van der Waals surface area contributed by atoms with Gasteiger partial charge in [-0.2, -0.15) is 0 Å². The molecule has 8 heavy (non-hydrogen) atoms. The number of unbranched alkanes of at least 4 members (excludes halogenated alkanes) is 1. The molecule has 0 fully saturated rings. The SMILES string of the molecule is CC(I)CCCC=O. The number of carbonyl (C=O) groups is 1. The molecule has 1 nitrogen and oxygen atoms in total. The van der Waals surface area contributed by atoms with Gasteiger partial charge in [0.15, 0.2) is 0 Å². The molecule has 0 amide bonds. The van der Waals surface area contributed by atoms with Crippen molar-refractivity contribution >= 4 is 28.9 Å². The third kappa shape index (κ3) is 6.40. The van der Waals surface area contributed by atoms with Gasteiger partial charge in [-0.3, -0.25) is 0 Å². The van der Waals surface area contributed by atoms with Crippen molar-refractivity contribution in [2.75, 3.05) is 0 Å². The van der Waals surface area contributed by atoms with Gasteiger partial charge in [-0.1, -0.05) is 29.5 Å². The van der Waals surface area contributed by atoms with Gasteiger partial charge < -0.3 is 4.79 Å². The first-order valence-corrected chi connectivity index (χ1v) is 4.09. The predicted octanol–water partition coefficient (Wildman–Crippen LogP) is 2.18. The monoisotopic (exact) mass is 226 g/mol. The van der Waals surface area contributed by atoms with Gasteiger partial charge in [0.25, 0.3) is 0 Å². The van der Waals surface area contributed by atoms with Gasteiger partial charge in [-0.15, -0.1) is 0 Å². The molecule has 0 bridgehead atoms. The lowest BCUT2D eigenvalue weighted by Crippen LogP contribution is -1.88. The molecule has 0 N–H and O–H groups in total. The van der Waals surface area contributed by atoms with Crippen molar-refractivity contribution < 1.29 is 4.79 Å². The minimum Gasteiger partial charge on any atom is -0.303 e. The van der Waals surface area contributed by atoms with E-state index in [2.05, 4.69) is 29.5 Å². The first-order valence-electron chi connectivity index (χ1n) is 2.85. The van der Waals surface area contributed by atoms with Gasteiger partial charge in [0, 0.05) is 10.3 Å². The molecule has 0 rings (SSSR count). The van der Waals surface area contributed by atoms with E-state index in [1.807, 2.05) is 0 Å². The van der Waals surface area contributed by atoms with Crippen LogP contribution in [0.25, 0.3) is 0 Å². The summed E-state index contributed by atoms with van der Waals surface area (Å²) in [5, 5.41) is 0. The Hall–Kier alpha value is 0.400. The summed E-state index contributed by atoms with van der Waals surface area (Å²) in [5.74, 6) is 0. The molecule has 0 aromatic rings. The Balaban J connectivity index is 2.81. The van der Waals surface area contributed by atoms with Crippen LogP contribution in [-0.4, -0.2) is 10.2 Å². The van der Waals surface area contributed by atoms with Gasteiger partial charge in [0.1, 0.15) is 6.29 Å². The van der Waals surface area contributed by atoms with E-state index in [0.29, 0.717) is 3.92 Å². The Kier molecular flexibility index (Phi) is 5.81. The average Bonchev–Trinajstić information content (AvgIpc) is 1.66. The van der Waals surface area contributed by atoms with Crippen LogP contribution in [0.4, 0.5) is 0 Å². The van der Waals surface area contributed by atoms with Gasteiger partial charge >= 0.3 is 0 Å². The highest BCUT2D eigenvalue weighted by Crippen LogP contribution is 2.07. The van der Waals surface area contributed by atoms with Crippen LogP contribution in [0, 0.1) is 0 Å². The number of aldehydes is 1. The molecule has 1 unspecified atom stereocenters. The molecule has 1 atom stereocenters. The number of carbonyl (C=O) groups excluding carboxylic acids is 1. The van der Waals surface area contributed by atoms with Crippen LogP contribution in [0.2, 0.25) is 0 Å². The Morgan fingerprint density at radius 2 is 2.38 bits per heavy atom. The molecule has 0 aliphatic rings. The van der Waals surface area contributed by atoms with E-state index >= 15 is 0 Å². The number of hydrogen-bond donors (Lipinski definition) is 0. The molecule has 0 aromatic carbocycles. The number of alkyl halides is 1. The van der Waals surface area contributed by atoms with Crippen LogP contribution in [-0.2, 0) is 4.79 Å². The molecule has 2 heteroatoms. The number of hydrogen-bond acceptors (Lipinski definition) is 1. The van der Waals surface area contributed by atoms with Crippen molar-refractivity contribution in [3.63, 3.8) is 0 Å². The minimum atomic E-state index is 0.715. The normalized spacial score (nSPS) is 13.2. The summed E-state index contributed by atoms with van der Waals surface area (Å²) in [6.07, 6.45) is 3.93. The molecule has 0 spiro atoms. The zero-order chi connectivity index (χ0) is 6.41. The number of rotatable bonds is 4. The van der Waals surface area contributed by atoms with Crippen LogP contribution in [0.3, 0.4) is 0 Å². The fraction of sp³-hybridized carbons (Fsp3) is 0.833. The molecule has 0 aromatic heterocycles. The van der Waals surface area contributed by atoms with E-state index in [1.54, 1.807) is 0 Å². The van der Waals surface area contributed by atoms with Crippen molar-refractivity contribution in [1.29, 1.82) is 0 Å². The van der Waals surface area contributed by atoms with E-state index in [9.17, 15) is 4.79 Å². The lowest BCUT2D eigenvalue weighted by molar-refractivity contribution is -0.107. The number of halogens is 1. The largest absolute Gasteiger partial charge is 0.303 e. The van der Waals surface area contributed by atoms with Gasteiger partial charge in [-0.25, -0.2) is 0 Å². The van der Waals surface area contributed by atoms with Crippen molar-refractivity contribution in [3.8, 4) is 0 Å². The highest BCUT2D eigenvalue weighted by atomic mass is 127. The van der Waals surface area contributed by atoms with Gasteiger partial charge in [-0.05, 0) is 12.8 Å². The maximum atomic E-state index is 9.78. The Morgan fingerprint density at radius 1 is 1.75 bits per heavy atom. The molecule has 0 saturated heterocycles. The van der Waals surface area contributed by atoms with Gasteiger partial charge in [0.05, 0.1) is 0 Å². The summed E-state index contributed by atoms with van der Waals surface area (Å²) >= 11 is 2.37. The Bertz CT molecular complexity index is 61.5. The first-order chi connectivity index (χ1) is 3.77. The topological polar surface area (TPSA) is 17.1 Å². The van der Waals surface area contributed by atoms with E-state index in [0.717, 1.165) is 19.1 Å². The molecule has 0 heterocycles. The molecule has 0 saturated carbocycles. The second kappa shape index (κ2) is 5.54. The van der Waals surface area contributed by atoms with Crippen LogP contribution < -0.4 is 0 Å². The van der Waals surface area contributed by atoms with Crippen molar-refractivity contribution in [3.05, 3.63) is 0 Å². The quantitative estimate of drug-likeness (QED) is 0.311. The van der Waals surface area contributed by atoms with E-state index in [4.69, 9.17) is 0 Å². The molecular weight excluding hydrogens is 215 g/mol. The fourth-order valence-electron chi connectivity index (χ4n) is 0.482. The second-order valence-corrected chi connectivity index (χ2v) is 4.00. The van der Waals surface area contributed by atoms with Crippen LogP contribution in [0.1, 0.15) is 26.2 Å². The Morgan fingerprint density at radius 3 is 2.75 bits per heavy atom. The third-order valence-electron chi connectivity index (χ3n) is 0.924. The van der Waals surface area contributed by atoms with Crippen LogP contribution >= 0.6 is 22.6 Å². The van der Waals surface area contributed by atoms with E-state index < -0.39 is 0 Å². The maximum absolute atomic E-state index is 9.78. The molecular formula is C6H11IO. The highest BCUT2D eigenvalue weighted by molar-refractivity contribution is 14.1. The molecule has 0 radical (unpaired) electrons. The summed E-state index contributed by atoms with van der Waals surface area (Å²) in [4.78, 5) is 9.78. The predicted molar refractivity (Wildman–Crippen MR) is 43.4 cm³/mol. The van der Waals surface area contributed by atoms with Crippen molar-refractivity contribution in [1.82, 2.24) is 0 Å². The Labute approximate surface area is 64.0 Å². The van der Waals surface area contributed by atoms with Crippen molar-refractivity contribution in [2.24, 2.45) is 0 Å². The smallest absolute Gasteiger partial charge is 0.119 e. The third-order valence-corrected chi connectivity index (χ3v) is 1.55. The summed E-state index contributed by atoms with van der Waals surface area (Å²) in [7, 11) is 0. The molecule has 48 valence electrons. The second-order valence-electron chi connectivity index (χ2n) is 1.88. The fourth-order valence-corrected chi connectivity index (χ4v) is 0.923. The lowest BCUT2D eigenvalue weighted by atomic mass is 10.2. The summed E-state index contributed by atoms with van der Waals surface area (Å²) in [5.41, 5.74) is 0. The molecule has 0 aliphatic carbocycles. The average molecular weight is 226 g/mol. The van der Waals surface area contributed by atoms with Gasteiger partial charge in [0.2, 0.25) is 0 Å². The zero-order valence-electron chi connectivity index (χ0n) is 5.06. The van der Waals surface area contributed by atoms with Crippen LogP contribution in [0.5, 0.6) is 0 Å². The zero-order valence-corrected chi connectivity index (χ0v) is 7.22. The van der Waals surface area contributed by atoms with Crippen LogP contribution in [0.15, 0.2) is 0 Å². The van der Waals surface area contributed by atoms with E-state index in [1.165, 1.54) is 6.42 Å². The van der Waals surface area contributed by atoms with E-state index in [-0.39, 0.29) is 0 Å². The van der Waals surface area contributed by atoms with Crippen molar-refractivity contribution in [2.45, 2.75) is 30.1 Å². The summed E-state index contributed by atoms with van der Waals surface area (Å²) in [6, 6.07) is 0. The first kappa shape index (κ1) is 8.40. The summed E-state index contributed by atoms with van der Waals surface area (Å²) < 4.78 is 0.715.